The van der Waals surface area contributed by atoms with E-state index in [-0.39, 0.29) is 5.75 Å². The molecular weight excluding hydrogens is 346 g/mol. The zero-order valence-electron chi connectivity index (χ0n) is 12.5. The summed E-state index contributed by atoms with van der Waals surface area (Å²) in [5.41, 5.74) is 4.79. The van der Waals surface area contributed by atoms with E-state index >= 15 is 0 Å². The van der Waals surface area contributed by atoms with Gasteiger partial charge in [0.25, 0.3) is 0 Å². The molecule has 0 aliphatic heterocycles. The summed E-state index contributed by atoms with van der Waals surface area (Å²) in [5, 5.41) is 21.5. The third kappa shape index (κ3) is 4.74. The number of phenolic OH excluding ortho intramolecular Hbond substituents is 1. The number of hydrazone groups is 1. The Morgan fingerprint density at radius 3 is 2.67 bits per heavy atom. The van der Waals surface area contributed by atoms with Crippen LogP contribution in [0.1, 0.15) is 11.1 Å². The number of aromatic nitrogens is 3. The lowest BCUT2D eigenvalue weighted by Crippen LogP contribution is -1.92. The van der Waals surface area contributed by atoms with Gasteiger partial charge >= 0.3 is 0 Å². The Morgan fingerprint density at radius 2 is 1.92 bits per heavy atom. The van der Waals surface area contributed by atoms with Crippen LogP contribution >= 0.6 is 23.4 Å². The molecule has 122 valence electrons. The number of H-pyrrole nitrogens is 1. The summed E-state index contributed by atoms with van der Waals surface area (Å²) in [4.78, 5) is 4.29. The predicted molar refractivity (Wildman–Crippen MR) is 96.7 cm³/mol. The molecule has 0 saturated carbocycles. The van der Waals surface area contributed by atoms with E-state index in [9.17, 15) is 5.11 Å². The van der Waals surface area contributed by atoms with Gasteiger partial charge in [-0.2, -0.15) is 10.1 Å². The molecule has 0 bridgehead atoms. The fourth-order valence-electron chi connectivity index (χ4n) is 1.82. The van der Waals surface area contributed by atoms with E-state index in [1.165, 1.54) is 11.8 Å². The molecule has 8 heteroatoms. The standard InChI is InChI=1S/C16H14ClN5OS/c17-13-5-1-12(2-6-13)10-24-16-19-15(21-22-16)20-18-9-11-3-7-14(23)8-4-11/h1-9,23H,10H2,(H2,19,20,21,22)/b18-9+. The minimum atomic E-state index is 0.220. The molecule has 0 fully saturated rings. The summed E-state index contributed by atoms with van der Waals surface area (Å²) >= 11 is 7.38. The SMILES string of the molecule is Oc1ccc(/C=N/Nc2nc(SCc3ccc(Cl)cc3)n[nH]2)cc1. The Kier molecular flexibility index (Phi) is 5.35. The first kappa shape index (κ1) is 16.4. The normalized spacial score (nSPS) is 11.0. The third-order valence-electron chi connectivity index (χ3n) is 3.02. The highest BCUT2D eigenvalue weighted by Gasteiger charge is 2.03. The van der Waals surface area contributed by atoms with Gasteiger partial charge in [0.2, 0.25) is 11.1 Å². The molecule has 0 radical (unpaired) electrons. The number of hydrogen-bond acceptors (Lipinski definition) is 6. The lowest BCUT2D eigenvalue weighted by molar-refractivity contribution is 0.475. The van der Waals surface area contributed by atoms with Crippen molar-refractivity contribution < 1.29 is 5.11 Å². The number of halogens is 1. The zero-order chi connectivity index (χ0) is 16.8. The molecule has 2 aromatic carbocycles. The van der Waals surface area contributed by atoms with Crippen LogP contribution in [0.2, 0.25) is 5.02 Å². The Bertz CT molecular complexity index is 817. The van der Waals surface area contributed by atoms with Crippen LogP contribution in [0.3, 0.4) is 0 Å². The molecule has 6 nitrogen and oxygen atoms in total. The number of hydrogen-bond donors (Lipinski definition) is 3. The molecule has 3 aromatic rings. The minimum Gasteiger partial charge on any atom is -0.508 e. The van der Waals surface area contributed by atoms with Crippen LogP contribution < -0.4 is 5.43 Å². The lowest BCUT2D eigenvalue weighted by Gasteiger charge is -1.98. The van der Waals surface area contributed by atoms with E-state index in [0.29, 0.717) is 11.1 Å². The molecule has 1 aromatic heterocycles. The van der Waals surface area contributed by atoms with Crippen LogP contribution in [-0.2, 0) is 5.75 Å². The predicted octanol–water partition coefficient (Wildman–Crippen LogP) is 3.90. The Morgan fingerprint density at radius 1 is 1.17 bits per heavy atom. The molecule has 24 heavy (non-hydrogen) atoms. The first-order valence-corrected chi connectivity index (χ1v) is 8.43. The summed E-state index contributed by atoms with van der Waals surface area (Å²) in [5.74, 6) is 1.44. The van der Waals surface area contributed by atoms with Crippen molar-refractivity contribution in [3.63, 3.8) is 0 Å². The van der Waals surface area contributed by atoms with E-state index in [4.69, 9.17) is 11.6 Å². The second-order valence-electron chi connectivity index (χ2n) is 4.84. The second kappa shape index (κ2) is 7.85. The third-order valence-corrected chi connectivity index (χ3v) is 4.19. The van der Waals surface area contributed by atoms with Crippen molar-refractivity contribution in [1.29, 1.82) is 0 Å². The monoisotopic (exact) mass is 359 g/mol. The molecule has 0 aliphatic rings. The molecule has 3 N–H and O–H groups in total. The number of anilines is 1. The number of phenols is 1. The maximum atomic E-state index is 9.22. The van der Waals surface area contributed by atoms with Crippen molar-refractivity contribution in [3.05, 3.63) is 64.7 Å². The first-order chi connectivity index (χ1) is 11.7. The van der Waals surface area contributed by atoms with E-state index in [2.05, 4.69) is 25.7 Å². The van der Waals surface area contributed by atoms with Gasteiger partial charge in [0.05, 0.1) is 6.21 Å². The van der Waals surface area contributed by atoms with Crippen molar-refractivity contribution in [1.82, 2.24) is 15.2 Å². The summed E-state index contributed by atoms with van der Waals surface area (Å²) in [6.07, 6.45) is 1.63. The molecule has 3 rings (SSSR count). The Labute approximate surface area is 148 Å². The maximum Gasteiger partial charge on any atom is 0.240 e. The van der Waals surface area contributed by atoms with Crippen LogP contribution in [0, 0.1) is 0 Å². The fourth-order valence-corrected chi connectivity index (χ4v) is 2.70. The average molecular weight is 360 g/mol. The molecular formula is C16H14ClN5OS. The van der Waals surface area contributed by atoms with E-state index in [1.54, 1.807) is 30.5 Å². The highest BCUT2D eigenvalue weighted by molar-refractivity contribution is 7.98. The van der Waals surface area contributed by atoms with Crippen molar-refractivity contribution in [2.45, 2.75) is 10.9 Å². The topological polar surface area (TPSA) is 86.2 Å². The number of aromatic amines is 1. The lowest BCUT2D eigenvalue weighted by atomic mass is 10.2. The van der Waals surface area contributed by atoms with Gasteiger partial charge in [0.1, 0.15) is 5.75 Å². The van der Waals surface area contributed by atoms with Gasteiger partial charge in [-0.25, -0.2) is 10.5 Å². The highest BCUT2D eigenvalue weighted by Crippen LogP contribution is 2.21. The Hall–Kier alpha value is -2.51. The van der Waals surface area contributed by atoms with Crippen molar-refractivity contribution in [3.8, 4) is 5.75 Å². The highest BCUT2D eigenvalue weighted by atomic mass is 35.5. The number of nitrogens with zero attached hydrogens (tertiary/aromatic N) is 3. The molecule has 0 amide bonds. The summed E-state index contributed by atoms with van der Waals surface area (Å²) < 4.78 is 0. The van der Waals surface area contributed by atoms with Crippen molar-refractivity contribution >= 4 is 35.5 Å². The van der Waals surface area contributed by atoms with Crippen molar-refractivity contribution in [2.75, 3.05) is 5.43 Å². The molecule has 0 spiro atoms. The van der Waals surface area contributed by atoms with Gasteiger partial charge in [-0.3, -0.25) is 0 Å². The minimum absolute atomic E-state index is 0.220. The maximum absolute atomic E-state index is 9.22. The van der Waals surface area contributed by atoms with E-state index in [0.717, 1.165) is 21.9 Å². The van der Waals surface area contributed by atoms with E-state index in [1.807, 2.05) is 24.3 Å². The van der Waals surface area contributed by atoms with Crippen LogP contribution in [0.15, 0.2) is 58.8 Å². The molecule has 0 aliphatic carbocycles. The van der Waals surface area contributed by atoms with Gasteiger partial charge in [-0.15, -0.1) is 5.10 Å². The molecule has 0 saturated heterocycles. The van der Waals surface area contributed by atoms with Gasteiger partial charge in [0.15, 0.2) is 0 Å². The smallest absolute Gasteiger partial charge is 0.240 e. The average Bonchev–Trinajstić information content (AvgIpc) is 3.04. The number of benzene rings is 2. The number of aromatic hydroxyl groups is 1. The molecule has 0 unspecified atom stereocenters. The van der Waals surface area contributed by atoms with Gasteiger partial charge < -0.3 is 5.11 Å². The largest absolute Gasteiger partial charge is 0.508 e. The number of rotatable bonds is 6. The van der Waals surface area contributed by atoms with Crippen LogP contribution in [0.4, 0.5) is 5.95 Å². The fraction of sp³-hybridized carbons (Fsp3) is 0.0625. The van der Waals surface area contributed by atoms with Gasteiger partial charge in [-0.1, -0.05) is 35.5 Å². The zero-order valence-corrected chi connectivity index (χ0v) is 14.1. The van der Waals surface area contributed by atoms with E-state index < -0.39 is 0 Å². The summed E-state index contributed by atoms with van der Waals surface area (Å²) in [6, 6.07) is 14.4. The Balaban J connectivity index is 1.51. The number of nitrogens with one attached hydrogen (secondary N) is 2. The van der Waals surface area contributed by atoms with Crippen LogP contribution in [-0.4, -0.2) is 26.5 Å². The van der Waals surface area contributed by atoms with Crippen LogP contribution in [0.5, 0.6) is 5.75 Å². The number of thioether (sulfide) groups is 1. The molecule has 0 atom stereocenters. The molecule has 1 heterocycles. The van der Waals surface area contributed by atoms with Gasteiger partial charge in [0, 0.05) is 10.8 Å². The van der Waals surface area contributed by atoms with Gasteiger partial charge in [-0.05, 0) is 47.5 Å². The first-order valence-electron chi connectivity index (χ1n) is 7.07. The second-order valence-corrected chi connectivity index (χ2v) is 6.22. The quantitative estimate of drug-likeness (QED) is 0.353. The summed E-state index contributed by atoms with van der Waals surface area (Å²) in [7, 11) is 0. The van der Waals surface area contributed by atoms with Crippen LogP contribution in [0.25, 0.3) is 0 Å². The summed E-state index contributed by atoms with van der Waals surface area (Å²) in [6.45, 7) is 0. The van der Waals surface area contributed by atoms with Crippen molar-refractivity contribution in [2.24, 2.45) is 5.10 Å².